The number of benzene rings is 1. The van der Waals surface area contributed by atoms with Gasteiger partial charge in [-0.25, -0.2) is 0 Å². The van der Waals surface area contributed by atoms with Gasteiger partial charge in [0.05, 0.1) is 0 Å². The minimum Gasteiger partial charge on any atom is -0.314 e. The molecule has 0 bridgehead atoms. The molecule has 2 heteroatoms. The second-order valence-electron chi connectivity index (χ2n) is 7.45. The molecule has 1 aromatic rings. The van der Waals surface area contributed by atoms with Gasteiger partial charge in [0.25, 0.3) is 0 Å². The van der Waals surface area contributed by atoms with Crippen molar-refractivity contribution in [2.45, 2.75) is 65.0 Å². The maximum absolute atomic E-state index is 3.65. The number of hydrogen-bond donors (Lipinski definition) is 1. The Morgan fingerprint density at radius 3 is 2.24 bits per heavy atom. The van der Waals surface area contributed by atoms with Crippen LogP contribution in [0.1, 0.15) is 58.1 Å². The Morgan fingerprint density at radius 2 is 1.71 bits per heavy atom. The van der Waals surface area contributed by atoms with E-state index >= 15 is 0 Å². The predicted molar refractivity (Wildman–Crippen MR) is 91.7 cm³/mol. The van der Waals surface area contributed by atoms with Gasteiger partial charge < -0.3 is 5.32 Å². The van der Waals surface area contributed by atoms with Crippen LogP contribution in [-0.2, 0) is 12.0 Å². The van der Waals surface area contributed by atoms with Crippen LogP contribution in [0.25, 0.3) is 0 Å². The number of hydrogen-bond acceptors (Lipinski definition) is 2. The van der Waals surface area contributed by atoms with Gasteiger partial charge in [-0.2, -0.15) is 0 Å². The van der Waals surface area contributed by atoms with Crippen molar-refractivity contribution in [3.05, 3.63) is 35.4 Å². The third-order valence-electron chi connectivity index (χ3n) is 4.50. The Kier molecular flexibility index (Phi) is 5.83. The Labute approximate surface area is 130 Å². The molecule has 1 fully saturated rings. The van der Waals surface area contributed by atoms with Crippen LogP contribution in [0.4, 0.5) is 0 Å². The van der Waals surface area contributed by atoms with E-state index in [1.807, 2.05) is 0 Å². The van der Waals surface area contributed by atoms with E-state index in [4.69, 9.17) is 0 Å². The molecule has 1 aromatic carbocycles. The van der Waals surface area contributed by atoms with Crippen LogP contribution in [0.15, 0.2) is 24.3 Å². The van der Waals surface area contributed by atoms with Crippen LogP contribution >= 0.6 is 0 Å². The van der Waals surface area contributed by atoms with Gasteiger partial charge in [-0.15, -0.1) is 0 Å². The molecule has 0 radical (unpaired) electrons. The van der Waals surface area contributed by atoms with Crippen molar-refractivity contribution in [3.8, 4) is 0 Å². The van der Waals surface area contributed by atoms with Crippen molar-refractivity contribution >= 4 is 0 Å². The molecule has 0 saturated carbocycles. The van der Waals surface area contributed by atoms with Crippen LogP contribution in [0, 0.1) is 0 Å². The predicted octanol–water partition coefficient (Wildman–Crippen LogP) is 3.95. The molecular formula is C19H32N2. The van der Waals surface area contributed by atoms with Gasteiger partial charge in [0, 0.05) is 12.6 Å². The minimum atomic E-state index is 0.252. The standard InChI is InChI=1S/C19H32N2/c1-5-12-20-18-10-13-21(14-11-18)15-16-6-8-17(9-7-16)19(2,3)4/h6-9,18,20H,5,10-15H2,1-4H3. The molecule has 0 unspecified atom stereocenters. The fourth-order valence-corrected chi connectivity index (χ4v) is 3.01. The number of nitrogens with one attached hydrogen (secondary N) is 1. The molecule has 2 rings (SSSR count). The van der Waals surface area contributed by atoms with Gasteiger partial charge in [-0.3, -0.25) is 4.90 Å². The molecule has 1 N–H and O–H groups in total. The summed E-state index contributed by atoms with van der Waals surface area (Å²) in [5.74, 6) is 0. The zero-order valence-electron chi connectivity index (χ0n) is 14.3. The van der Waals surface area contributed by atoms with Crippen LogP contribution in [-0.4, -0.2) is 30.6 Å². The van der Waals surface area contributed by atoms with Crippen LogP contribution in [0.5, 0.6) is 0 Å². The van der Waals surface area contributed by atoms with E-state index in [0.29, 0.717) is 0 Å². The summed E-state index contributed by atoms with van der Waals surface area (Å²) < 4.78 is 0. The Bertz CT molecular complexity index is 408. The number of piperidine rings is 1. The van der Waals surface area contributed by atoms with Crippen molar-refractivity contribution in [2.75, 3.05) is 19.6 Å². The van der Waals surface area contributed by atoms with Crippen molar-refractivity contribution < 1.29 is 0 Å². The molecular weight excluding hydrogens is 256 g/mol. The molecule has 1 aliphatic heterocycles. The highest BCUT2D eigenvalue weighted by atomic mass is 15.1. The van der Waals surface area contributed by atoms with Crippen LogP contribution < -0.4 is 5.32 Å². The average molecular weight is 288 g/mol. The van der Waals surface area contributed by atoms with Gasteiger partial charge in [0.15, 0.2) is 0 Å². The Balaban J connectivity index is 1.81. The number of nitrogens with zero attached hydrogens (tertiary/aromatic N) is 1. The zero-order chi connectivity index (χ0) is 15.3. The first-order valence-electron chi connectivity index (χ1n) is 8.54. The number of rotatable bonds is 5. The van der Waals surface area contributed by atoms with E-state index < -0.39 is 0 Å². The maximum atomic E-state index is 3.65. The summed E-state index contributed by atoms with van der Waals surface area (Å²) in [6.45, 7) is 13.8. The van der Waals surface area contributed by atoms with Gasteiger partial charge in [-0.05, 0) is 55.4 Å². The fourth-order valence-electron chi connectivity index (χ4n) is 3.01. The van der Waals surface area contributed by atoms with Gasteiger partial charge in [-0.1, -0.05) is 52.0 Å². The summed E-state index contributed by atoms with van der Waals surface area (Å²) in [5, 5.41) is 3.65. The summed E-state index contributed by atoms with van der Waals surface area (Å²) in [4.78, 5) is 2.59. The highest BCUT2D eigenvalue weighted by Gasteiger charge is 2.19. The van der Waals surface area contributed by atoms with Crippen LogP contribution in [0.2, 0.25) is 0 Å². The quantitative estimate of drug-likeness (QED) is 0.882. The highest BCUT2D eigenvalue weighted by molar-refractivity contribution is 5.27. The second-order valence-corrected chi connectivity index (χ2v) is 7.45. The van der Waals surface area contributed by atoms with Crippen molar-refractivity contribution in [1.29, 1.82) is 0 Å². The first kappa shape index (κ1) is 16.5. The average Bonchev–Trinajstić information content (AvgIpc) is 2.46. The summed E-state index contributed by atoms with van der Waals surface area (Å²) >= 11 is 0. The second kappa shape index (κ2) is 7.42. The molecule has 0 spiro atoms. The lowest BCUT2D eigenvalue weighted by atomic mass is 9.86. The Hall–Kier alpha value is -0.860. The smallest absolute Gasteiger partial charge is 0.0233 e. The van der Waals surface area contributed by atoms with Gasteiger partial charge in [0.2, 0.25) is 0 Å². The Morgan fingerprint density at radius 1 is 1.10 bits per heavy atom. The monoisotopic (exact) mass is 288 g/mol. The van der Waals surface area contributed by atoms with Crippen molar-refractivity contribution in [3.63, 3.8) is 0 Å². The van der Waals surface area contributed by atoms with E-state index in [2.05, 4.69) is 62.2 Å². The molecule has 1 aliphatic rings. The topological polar surface area (TPSA) is 15.3 Å². The largest absolute Gasteiger partial charge is 0.314 e. The SMILES string of the molecule is CCCNC1CCN(Cc2ccc(C(C)(C)C)cc2)CC1. The van der Waals surface area contributed by atoms with Gasteiger partial charge in [0.1, 0.15) is 0 Å². The third-order valence-corrected chi connectivity index (χ3v) is 4.50. The summed E-state index contributed by atoms with van der Waals surface area (Å²) in [5.41, 5.74) is 3.12. The van der Waals surface area contributed by atoms with E-state index in [-0.39, 0.29) is 5.41 Å². The molecule has 118 valence electrons. The van der Waals surface area contributed by atoms with E-state index in [9.17, 15) is 0 Å². The van der Waals surface area contributed by atoms with Crippen molar-refractivity contribution in [1.82, 2.24) is 10.2 Å². The minimum absolute atomic E-state index is 0.252. The number of likely N-dealkylation sites (tertiary alicyclic amines) is 1. The lowest BCUT2D eigenvalue weighted by Crippen LogP contribution is -2.42. The summed E-state index contributed by atoms with van der Waals surface area (Å²) in [7, 11) is 0. The maximum Gasteiger partial charge on any atom is 0.0233 e. The van der Waals surface area contributed by atoms with E-state index in [1.165, 1.54) is 50.0 Å². The lowest BCUT2D eigenvalue weighted by Gasteiger charge is -2.32. The fraction of sp³-hybridized carbons (Fsp3) is 0.684. The van der Waals surface area contributed by atoms with E-state index in [0.717, 1.165) is 12.6 Å². The summed E-state index contributed by atoms with van der Waals surface area (Å²) in [6, 6.07) is 9.95. The molecule has 0 atom stereocenters. The molecule has 0 amide bonds. The van der Waals surface area contributed by atoms with E-state index in [1.54, 1.807) is 0 Å². The molecule has 2 nitrogen and oxygen atoms in total. The third kappa shape index (κ3) is 5.12. The molecule has 1 heterocycles. The lowest BCUT2D eigenvalue weighted by molar-refractivity contribution is 0.191. The molecule has 0 aliphatic carbocycles. The summed E-state index contributed by atoms with van der Waals surface area (Å²) in [6.07, 6.45) is 3.82. The highest BCUT2D eigenvalue weighted by Crippen LogP contribution is 2.23. The zero-order valence-corrected chi connectivity index (χ0v) is 14.3. The van der Waals surface area contributed by atoms with Crippen molar-refractivity contribution in [2.24, 2.45) is 0 Å². The molecule has 21 heavy (non-hydrogen) atoms. The molecule has 0 aromatic heterocycles. The first-order chi connectivity index (χ1) is 9.99. The first-order valence-corrected chi connectivity index (χ1v) is 8.54. The van der Waals surface area contributed by atoms with Gasteiger partial charge >= 0.3 is 0 Å². The van der Waals surface area contributed by atoms with Crippen LogP contribution in [0.3, 0.4) is 0 Å². The molecule has 1 saturated heterocycles. The normalized spacial score (nSPS) is 18.1.